The molecule has 3 rings (SSSR count). The van der Waals surface area contributed by atoms with Gasteiger partial charge in [-0.2, -0.15) is 11.3 Å². The van der Waals surface area contributed by atoms with Gasteiger partial charge < -0.3 is 16.0 Å². The van der Waals surface area contributed by atoms with Gasteiger partial charge in [-0.25, -0.2) is 0 Å². The van der Waals surface area contributed by atoms with Crippen LogP contribution >= 0.6 is 23.7 Å². The van der Waals surface area contributed by atoms with E-state index in [1.165, 1.54) is 11.3 Å². The zero-order chi connectivity index (χ0) is 17.2. The summed E-state index contributed by atoms with van der Waals surface area (Å²) in [6, 6.07) is 8.90. The van der Waals surface area contributed by atoms with Crippen molar-refractivity contribution in [2.24, 2.45) is 11.1 Å². The highest BCUT2D eigenvalue weighted by Gasteiger charge is 2.35. The van der Waals surface area contributed by atoms with E-state index < -0.39 is 0 Å². The van der Waals surface area contributed by atoms with E-state index in [0.29, 0.717) is 36.4 Å². The van der Waals surface area contributed by atoms with Gasteiger partial charge in [0.15, 0.2) is 0 Å². The summed E-state index contributed by atoms with van der Waals surface area (Å²) < 4.78 is 0. The lowest BCUT2D eigenvalue weighted by atomic mass is 9.90. The summed E-state index contributed by atoms with van der Waals surface area (Å²) in [7, 11) is 0. The van der Waals surface area contributed by atoms with Gasteiger partial charge in [-0.05, 0) is 42.0 Å². The van der Waals surface area contributed by atoms with Gasteiger partial charge in [-0.15, -0.1) is 12.4 Å². The summed E-state index contributed by atoms with van der Waals surface area (Å²) in [5, 5.41) is 6.48. The Balaban J connectivity index is 0.00000225. The van der Waals surface area contributed by atoms with Gasteiger partial charge in [0.25, 0.3) is 11.8 Å². The molecule has 3 N–H and O–H groups in total. The van der Waals surface area contributed by atoms with E-state index in [9.17, 15) is 9.59 Å². The van der Waals surface area contributed by atoms with Gasteiger partial charge in [0.05, 0.1) is 16.8 Å². The van der Waals surface area contributed by atoms with Crippen molar-refractivity contribution < 1.29 is 9.59 Å². The highest BCUT2D eigenvalue weighted by molar-refractivity contribution is 7.08. The van der Waals surface area contributed by atoms with Crippen molar-refractivity contribution in [1.82, 2.24) is 4.90 Å². The van der Waals surface area contributed by atoms with Gasteiger partial charge in [0, 0.05) is 18.5 Å². The van der Waals surface area contributed by atoms with Crippen molar-refractivity contribution >= 4 is 41.2 Å². The molecule has 0 spiro atoms. The second kappa shape index (κ2) is 7.99. The van der Waals surface area contributed by atoms with Gasteiger partial charge in [0.2, 0.25) is 0 Å². The molecule has 134 valence electrons. The first-order valence-corrected chi connectivity index (χ1v) is 8.89. The molecule has 1 aromatic carbocycles. The highest BCUT2D eigenvalue weighted by atomic mass is 35.5. The van der Waals surface area contributed by atoms with Crippen LogP contribution in [0.25, 0.3) is 0 Å². The number of nitrogens with two attached hydrogens (primary N) is 1. The highest BCUT2D eigenvalue weighted by Crippen LogP contribution is 2.30. The summed E-state index contributed by atoms with van der Waals surface area (Å²) in [6.45, 7) is 4.01. The molecule has 1 aliphatic rings. The molecule has 2 aromatic rings. The number of hydrogen-bond donors (Lipinski definition) is 2. The second-order valence-corrected chi connectivity index (χ2v) is 7.28. The SMILES string of the molecule is CC1(CN)CCN(C(=O)c2ccccc2NC(=O)c2ccsc2)C1.Cl. The monoisotopic (exact) mass is 379 g/mol. The van der Waals surface area contributed by atoms with E-state index in [2.05, 4.69) is 12.2 Å². The average molecular weight is 380 g/mol. The molecule has 0 saturated carbocycles. The fourth-order valence-electron chi connectivity index (χ4n) is 2.90. The number of nitrogens with zero attached hydrogens (tertiary/aromatic N) is 1. The van der Waals surface area contributed by atoms with E-state index in [1.54, 1.807) is 23.6 Å². The molecule has 0 bridgehead atoms. The third kappa shape index (κ3) is 4.21. The fourth-order valence-corrected chi connectivity index (χ4v) is 3.54. The van der Waals surface area contributed by atoms with Crippen molar-refractivity contribution in [1.29, 1.82) is 0 Å². The minimum atomic E-state index is -0.204. The lowest BCUT2D eigenvalue weighted by Gasteiger charge is -2.23. The van der Waals surface area contributed by atoms with Crippen molar-refractivity contribution in [3.05, 3.63) is 52.2 Å². The Hall–Kier alpha value is -1.89. The summed E-state index contributed by atoms with van der Waals surface area (Å²) in [4.78, 5) is 27.0. The molecule has 2 heterocycles. The molecular formula is C18H22ClN3O2S. The number of amides is 2. The summed E-state index contributed by atoms with van der Waals surface area (Å²) in [5.41, 5.74) is 7.46. The number of likely N-dealkylation sites (tertiary alicyclic amines) is 1. The number of thiophene rings is 1. The first-order chi connectivity index (χ1) is 11.5. The van der Waals surface area contributed by atoms with Crippen LogP contribution in [-0.2, 0) is 0 Å². The number of nitrogens with one attached hydrogen (secondary N) is 1. The fraction of sp³-hybridized carbons (Fsp3) is 0.333. The normalized spacial score (nSPS) is 19.4. The van der Waals surface area contributed by atoms with Crippen LogP contribution in [0.5, 0.6) is 0 Å². The van der Waals surface area contributed by atoms with Crippen molar-refractivity contribution in [2.75, 3.05) is 25.0 Å². The van der Waals surface area contributed by atoms with E-state index in [0.717, 1.165) is 6.42 Å². The minimum Gasteiger partial charge on any atom is -0.338 e. The van der Waals surface area contributed by atoms with Gasteiger partial charge >= 0.3 is 0 Å². The number of benzene rings is 1. The number of carbonyl (C=O) groups is 2. The molecule has 25 heavy (non-hydrogen) atoms. The maximum absolute atomic E-state index is 12.9. The van der Waals surface area contributed by atoms with Crippen LogP contribution in [0.15, 0.2) is 41.1 Å². The lowest BCUT2D eigenvalue weighted by Crippen LogP contribution is -2.34. The minimum absolute atomic E-state index is 0. The molecule has 7 heteroatoms. The number of hydrogen-bond acceptors (Lipinski definition) is 4. The van der Waals surface area contributed by atoms with Crippen LogP contribution in [0, 0.1) is 5.41 Å². The number of carbonyl (C=O) groups excluding carboxylic acids is 2. The van der Waals surface area contributed by atoms with Crippen LogP contribution in [0.1, 0.15) is 34.1 Å². The van der Waals surface area contributed by atoms with E-state index in [-0.39, 0.29) is 29.6 Å². The van der Waals surface area contributed by atoms with Crippen LogP contribution in [0.2, 0.25) is 0 Å². The molecule has 0 aliphatic carbocycles. The molecular weight excluding hydrogens is 358 g/mol. The molecule has 1 aromatic heterocycles. The van der Waals surface area contributed by atoms with Gasteiger partial charge in [0.1, 0.15) is 0 Å². The van der Waals surface area contributed by atoms with Crippen molar-refractivity contribution in [3.8, 4) is 0 Å². The van der Waals surface area contributed by atoms with E-state index in [4.69, 9.17) is 5.73 Å². The lowest BCUT2D eigenvalue weighted by molar-refractivity contribution is 0.0778. The predicted molar refractivity (Wildman–Crippen MR) is 104 cm³/mol. The molecule has 5 nitrogen and oxygen atoms in total. The Bertz CT molecular complexity index is 751. The third-order valence-corrected chi connectivity index (χ3v) is 5.21. The van der Waals surface area contributed by atoms with E-state index >= 15 is 0 Å². The Labute approximate surface area is 157 Å². The number of halogens is 1. The van der Waals surface area contributed by atoms with Crippen LogP contribution in [0.4, 0.5) is 5.69 Å². The van der Waals surface area contributed by atoms with E-state index in [1.807, 2.05) is 22.4 Å². The molecule has 1 aliphatic heterocycles. The third-order valence-electron chi connectivity index (χ3n) is 4.53. The maximum atomic E-state index is 12.9. The van der Waals surface area contributed by atoms with Crippen LogP contribution in [-0.4, -0.2) is 36.3 Å². The standard InChI is InChI=1S/C18H21N3O2S.ClH/c1-18(11-19)7-8-21(12-18)17(23)14-4-2-3-5-15(14)20-16(22)13-6-9-24-10-13;/h2-6,9-10H,7-8,11-12,19H2,1H3,(H,20,22);1H. The molecule has 0 radical (unpaired) electrons. The quantitative estimate of drug-likeness (QED) is 0.856. The largest absolute Gasteiger partial charge is 0.338 e. The zero-order valence-corrected chi connectivity index (χ0v) is 15.7. The molecule has 1 fully saturated rings. The topological polar surface area (TPSA) is 75.4 Å². The Morgan fingerprint density at radius 1 is 1.32 bits per heavy atom. The Morgan fingerprint density at radius 3 is 2.72 bits per heavy atom. The summed E-state index contributed by atoms with van der Waals surface area (Å²) >= 11 is 1.46. The predicted octanol–water partition coefficient (Wildman–Crippen LogP) is 3.23. The van der Waals surface area contributed by atoms with Crippen molar-refractivity contribution in [2.45, 2.75) is 13.3 Å². The van der Waals surface area contributed by atoms with Crippen molar-refractivity contribution in [3.63, 3.8) is 0 Å². The molecule has 1 unspecified atom stereocenters. The van der Waals surface area contributed by atoms with Gasteiger partial charge in [-0.1, -0.05) is 19.1 Å². The average Bonchev–Trinajstić information content (AvgIpc) is 3.25. The number of anilines is 1. The zero-order valence-electron chi connectivity index (χ0n) is 14.0. The smallest absolute Gasteiger partial charge is 0.256 e. The van der Waals surface area contributed by atoms with Gasteiger partial charge in [-0.3, -0.25) is 9.59 Å². The second-order valence-electron chi connectivity index (χ2n) is 6.50. The first kappa shape index (κ1) is 19.4. The number of rotatable bonds is 4. The van der Waals surface area contributed by atoms with Crippen LogP contribution in [0.3, 0.4) is 0 Å². The van der Waals surface area contributed by atoms with Crippen LogP contribution < -0.4 is 11.1 Å². The molecule has 1 saturated heterocycles. The molecule has 2 amide bonds. The number of para-hydroxylation sites is 1. The Morgan fingerprint density at radius 2 is 2.08 bits per heavy atom. The summed E-state index contributed by atoms with van der Waals surface area (Å²) in [5.74, 6) is -0.266. The summed E-state index contributed by atoms with van der Waals surface area (Å²) in [6.07, 6.45) is 0.901. The Kier molecular flexibility index (Phi) is 6.21. The molecule has 1 atom stereocenters. The maximum Gasteiger partial charge on any atom is 0.256 e. The first-order valence-electron chi connectivity index (χ1n) is 7.94.